The molecule has 2 aromatic carbocycles. The zero-order valence-corrected chi connectivity index (χ0v) is 12.2. The highest BCUT2D eigenvalue weighted by Gasteiger charge is 2.13. The largest absolute Gasteiger partial charge is 0.294 e. The van der Waals surface area contributed by atoms with E-state index in [2.05, 4.69) is 49.1 Å². The van der Waals surface area contributed by atoms with Crippen LogP contribution in [0.1, 0.15) is 29.2 Å². The van der Waals surface area contributed by atoms with Gasteiger partial charge in [-0.25, -0.2) is 0 Å². The minimum atomic E-state index is 0.107. The second kappa shape index (κ2) is 5.53. The summed E-state index contributed by atoms with van der Waals surface area (Å²) in [6, 6.07) is 16.8. The number of hydrogen-bond acceptors (Lipinski definition) is 1. The van der Waals surface area contributed by atoms with Crippen LogP contribution in [0.4, 0.5) is 0 Å². The van der Waals surface area contributed by atoms with E-state index in [1.807, 2.05) is 12.1 Å². The monoisotopic (exact) mass is 274 g/mol. The molecular formula is C20H18O. The molecule has 0 atom stereocenters. The summed E-state index contributed by atoms with van der Waals surface area (Å²) in [5.41, 5.74) is 6.94. The summed E-state index contributed by atoms with van der Waals surface area (Å²) >= 11 is 0. The number of fused-ring (bicyclic) bond motifs is 1. The summed E-state index contributed by atoms with van der Waals surface area (Å²) in [7, 11) is 0. The Bertz CT molecular complexity index is 733. The average molecular weight is 274 g/mol. The Labute approximate surface area is 125 Å². The maximum atomic E-state index is 11.7. The van der Waals surface area contributed by atoms with Gasteiger partial charge in [-0.05, 0) is 46.7 Å². The number of Topliss-reactive ketones (excluding diaryl/α,β-unsaturated/α-hetero) is 1. The highest BCUT2D eigenvalue weighted by atomic mass is 16.1. The number of ketones is 1. The van der Waals surface area contributed by atoms with Crippen molar-refractivity contribution >= 4 is 17.4 Å². The number of hydrogen-bond donors (Lipinski definition) is 0. The van der Waals surface area contributed by atoms with Crippen molar-refractivity contribution < 1.29 is 4.79 Å². The molecule has 0 unspecified atom stereocenters. The highest BCUT2D eigenvalue weighted by Crippen LogP contribution is 2.31. The van der Waals surface area contributed by atoms with Crippen LogP contribution in [0.5, 0.6) is 0 Å². The molecule has 3 rings (SSSR count). The summed E-state index contributed by atoms with van der Waals surface area (Å²) in [5.74, 6) is 0.107. The van der Waals surface area contributed by atoms with Gasteiger partial charge in [-0.2, -0.15) is 0 Å². The molecular weight excluding hydrogens is 256 g/mol. The molecule has 21 heavy (non-hydrogen) atoms. The van der Waals surface area contributed by atoms with Crippen molar-refractivity contribution in [3.63, 3.8) is 0 Å². The average Bonchev–Trinajstić information content (AvgIpc) is 2.91. The third-order valence-corrected chi connectivity index (χ3v) is 3.93. The quantitative estimate of drug-likeness (QED) is 0.752. The number of carbonyl (C=O) groups excluding carboxylic acids is 1. The Morgan fingerprint density at radius 2 is 1.81 bits per heavy atom. The molecule has 0 radical (unpaired) electrons. The van der Waals surface area contributed by atoms with Crippen molar-refractivity contribution in [3.8, 4) is 0 Å². The molecule has 0 aromatic heterocycles. The third-order valence-electron chi connectivity index (χ3n) is 3.93. The molecule has 104 valence electrons. The predicted molar refractivity (Wildman–Crippen MR) is 88.0 cm³/mol. The van der Waals surface area contributed by atoms with Gasteiger partial charge in [-0.15, -0.1) is 0 Å². The van der Waals surface area contributed by atoms with Crippen LogP contribution in [-0.2, 0) is 17.6 Å². The molecule has 1 heteroatoms. The van der Waals surface area contributed by atoms with E-state index in [1.165, 1.54) is 22.3 Å². The van der Waals surface area contributed by atoms with Crippen molar-refractivity contribution in [3.05, 3.63) is 82.9 Å². The molecule has 0 saturated heterocycles. The minimum absolute atomic E-state index is 0.107. The van der Waals surface area contributed by atoms with E-state index in [0.29, 0.717) is 12.0 Å². The van der Waals surface area contributed by atoms with Crippen molar-refractivity contribution in [2.24, 2.45) is 0 Å². The summed E-state index contributed by atoms with van der Waals surface area (Å²) < 4.78 is 0. The fraction of sp³-hybridized carbons (Fsp3) is 0.150. The van der Waals surface area contributed by atoms with Gasteiger partial charge in [0.05, 0.1) is 0 Å². The molecule has 0 spiro atoms. The van der Waals surface area contributed by atoms with E-state index in [9.17, 15) is 4.79 Å². The van der Waals surface area contributed by atoms with Crippen LogP contribution >= 0.6 is 0 Å². The zero-order chi connectivity index (χ0) is 14.8. The van der Waals surface area contributed by atoms with Crippen LogP contribution in [0.3, 0.4) is 0 Å². The molecule has 0 saturated carbocycles. The van der Waals surface area contributed by atoms with E-state index in [0.717, 1.165) is 12.0 Å². The first-order valence-corrected chi connectivity index (χ1v) is 7.20. The van der Waals surface area contributed by atoms with E-state index >= 15 is 0 Å². The molecule has 0 bridgehead atoms. The Balaban J connectivity index is 1.77. The summed E-state index contributed by atoms with van der Waals surface area (Å²) in [5, 5.41) is 0. The lowest BCUT2D eigenvalue weighted by Gasteiger charge is -2.05. The van der Waals surface area contributed by atoms with Gasteiger partial charge in [0.25, 0.3) is 0 Å². The number of carbonyl (C=O) groups is 1. The second-order valence-electron chi connectivity index (χ2n) is 5.62. The number of benzene rings is 2. The summed E-state index contributed by atoms with van der Waals surface area (Å²) in [4.78, 5) is 11.7. The summed E-state index contributed by atoms with van der Waals surface area (Å²) in [6.07, 6.45) is 3.68. The second-order valence-corrected chi connectivity index (χ2v) is 5.62. The first-order chi connectivity index (χ1) is 10.1. The number of allylic oxidation sites excluding steroid dienone is 2. The van der Waals surface area contributed by atoms with E-state index < -0.39 is 0 Å². The zero-order valence-electron chi connectivity index (χ0n) is 12.2. The maximum absolute atomic E-state index is 11.7. The smallest absolute Gasteiger partial charge is 0.162 e. The lowest BCUT2D eigenvalue weighted by Crippen LogP contribution is -2.02. The van der Waals surface area contributed by atoms with Crippen LogP contribution in [0, 0.1) is 0 Å². The lowest BCUT2D eigenvalue weighted by molar-refractivity contribution is -0.114. The van der Waals surface area contributed by atoms with Gasteiger partial charge in [0, 0.05) is 6.42 Å². The van der Waals surface area contributed by atoms with Gasteiger partial charge < -0.3 is 0 Å². The lowest BCUT2D eigenvalue weighted by atomic mass is 9.99. The van der Waals surface area contributed by atoms with Crippen LogP contribution in [0.2, 0.25) is 0 Å². The molecule has 1 nitrogen and oxygen atoms in total. The Kier molecular flexibility index (Phi) is 3.57. The maximum Gasteiger partial charge on any atom is 0.162 e. The molecule has 0 fully saturated rings. The van der Waals surface area contributed by atoms with Gasteiger partial charge in [-0.3, -0.25) is 4.79 Å². The van der Waals surface area contributed by atoms with E-state index in [-0.39, 0.29) is 5.78 Å². The summed E-state index contributed by atoms with van der Waals surface area (Å²) in [6.45, 7) is 5.46. The van der Waals surface area contributed by atoms with Crippen molar-refractivity contribution in [2.75, 3.05) is 0 Å². The van der Waals surface area contributed by atoms with Gasteiger partial charge in [0.1, 0.15) is 0 Å². The van der Waals surface area contributed by atoms with Gasteiger partial charge in [-0.1, -0.05) is 61.2 Å². The highest BCUT2D eigenvalue weighted by molar-refractivity contribution is 5.95. The van der Waals surface area contributed by atoms with Gasteiger partial charge in [0.2, 0.25) is 0 Å². The van der Waals surface area contributed by atoms with Crippen LogP contribution < -0.4 is 0 Å². The fourth-order valence-corrected chi connectivity index (χ4v) is 2.64. The van der Waals surface area contributed by atoms with Crippen LogP contribution in [-0.4, -0.2) is 5.78 Å². The molecule has 0 N–H and O–H groups in total. The Morgan fingerprint density at radius 1 is 1.10 bits per heavy atom. The normalized spacial score (nSPS) is 12.7. The fourth-order valence-electron chi connectivity index (χ4n) is 2.64. The predicted octanol–water partition coefficient (Wildman–Crippen LogP) is 4.47. The van der Waals surface area contributed by atoms with Crippen molar-refractivity contribution in [1.82, 2.24) is 0 Å². The topological polar surface area (TPSA) is 17.1 Å². The van der Waals surface area contributed by atoms with Crippen molar-refractivity contribution in [2.45, 2.75) is 19.8 Å². The van der Waals surface area contributed by atoms with Crippen LogP contribution in [0.15, 0.2) is 60.7 Å². The molecule has 2 aromatic rings. The molecule has 1 aliphatic rings. The molecule has 0 amide bonds. The Morgan fingerprint density at radius 3 is 2.48 bits per heavy atom. The van der Waals surface area contributed by atoms with E-state index in [4.69, 9.17) is 0 Å². The Hall–Kier alpha value is -2.41. The first kappa shape index (κ1) is 13.6. The van der Waals surface area contributed by atoms with Crippen molar-refractivity contribution in [1.29, 1.82) is 0 Å². The van der Waals surface area contributed by atoms with Gasteiger partial charge in [0.15, 0.2) is 5.78 Å². The minimum Gasteiger partial charge on any atom is -0.294 e. The first-order valence-electron chi connectivity index (χ1n) is 7.20. The molecule has 0 aliphatic heterocycles. The molecule has 0 heterocycles. The SMILES string of the molecule is C=C(C)C(=O)Cc1ccc(C2=Cc3ccccc3C2)cc1. The van der Waals surface area contributed by atoms with Crippen LogP contribution in [0.25, 0.3) is 11.6 Å². The molecule has 1 aliphatic carbocycles. The third kappa shape index (κ3) is 2.87. The van der Waals surface area contributed by atoms with E-state index in [1.54, 1.807) is 6.92 Å². The standard InChI is InChI=1S/C20H18O/c1-14(2)20(21)11-15-7-9-16(10-8-15)19-12-17-5-3-4-6-18(17)13-19/h3-10,12H,1,11,13H2,2H3. The van der Waals surface area contributed by atoms with Gasteiger partial charge >= 0.3 is 0 Å². The number of rotatable bonds is 4.